The minimum atomic E-state index is -0.325. The molecule has 2 aromatic carbocycles. The number of thiocarbonyl (C=S) groups is 1. The average molecular weight is 372 g/mol. The van der Waals surface area contributed by atoms with E-state index < -0.39 is 0 Å². The molecule has 1 atom stereocenters. The van der Waals surface area contributed by atoms with Crippen LogP contribution in [0.15, 0.2) is 48.5 Å². The van der Waals surface area contributed by atoms with Crippen molar-refractivity contribution in [2.45, 2.75) is 26.8 Å². The van der Waals surface area contributed by atoms with Gasteiger partial charge < -0.3 is 20.1 Å². The van der Waals surface area contributed by atoms with Gasteiger partial charge in [0, 0.05) is 5.69 Å². The Hall–Kier alpha value is -2.60. The second kappa shape index (κ2) is 9.77. The molecule has 2 rings (SSSR count). The molecule has 0 aliphatic heterocycles. The van der Waals surface area contributed by atoms with Crippen LogP contribution in [-0.2, 0) is 4.74 Å². The number of para-hydroxylation sites is 1. The van der Waals surface area contributed by atoms with Crippen molar-refractivity contribution in [2.24, 2.45) is 0 Å². The van der Waals surface area contributed by atoms with Crippen molar-refractivity contribution in [1.82, 2.24) is 5.32 Å². The molecule has 0 fully saturated rings. The molecule has 2 aromatic rings. The average Bonchev–Trinajstić information content (AvgIpc) is 2.62. The summed E-state index contributed by atoms with van der Waals surface area (Å²) < 4.78 is 10.7. The van der Waals surface area contributed by atoms with Gasteiger partial charge in [-0.25, -0.2) is 4.79 Å². The maximum Gasteiger partial charge on any atom is 0.338 e. The molecule has 26 heavy (non-hydrogen) atoms. The van der Waals surface area contributed by atoms with Crippen LogP contribution in [-0.4, -0.2) is 30.3 Å². The van der Waals surface area contributed by atoms with Gasteiger partial charge in [-0.3, -0.25) is 0 Å². The SMILES string of the molecule is CCOC(=O)c1ccc(NC(=S)NC(C)COc2ccccc2)c(C)c1. The van der Waals surface area contributed by atoms with E-state index >= 15 is 0 Å². The van der Waals surface area contributed by atoms with Gasteiger partial charge in [0.05, 0.1) is 18.2 Å². The van der Waals surface area contributed by atoms with Crippen LogP contribution in [0.25, 0.3) is 0 Å². The van der Waals surface area contributed by atoms with E-state index in [2.05, 4.69) is 10.6 Å². The van der Waals surface area contributed by atoms with Crippen LogP contribution >= 0.6 is 12.2 Å². The lowest BCUT2D eigenvalue weighted by Crippen LogP contribution is -2.39. The van der Waals surface area contributed by atoms with Crippen molar-refractivity contribution in [3.8, 4) is 5.75 Å². The predicted molar refractivity (Wildman–Crippen MR) is 108 cm³/mol. The molecular weight excluding hydrogens is 348 g/mol. The number of anilines is 1. The first kappa shape index (κ1) is 19.7. The summed E-state index contributed by atoms with van der Waals surface area (Å²) in [5, 5.41) is 6.84. The predicted octanol–water partition coefficient (Wildman–Crippen LogP) is 3.93. The lowest BCUT2D eigenvalue weighted by Gasteiger charge is -2.18. The van der Waals surface area contributed by atoms with Gasteiger partial charge in [0.15, 0.2) is 5.11 Å². The summed E-state index contributed by atoms with van der Waals surface area (Å²) in [6.45, 7) is 6.54. The van der Waals surface area contributed by atoms with Gasteiger partial charge >= 0.3 is 5.97 Å². The first-order valence-electron chi connectivity index (χ1n) is 8.52. The van der Waals surface area contributed by atoms with E-state index in [9.17, 15) is 4.79 Å². The highest BCUT2D eigenvalue weighted by atomic mass is 32.1. The number of hydrogen-bond donors (Lipinski definition) is 2. The molecule has 0 amide bonds. The summed E-state index contributed by atoms with van der Waals surface area (Å²) in [5.74, 6) is 0.500. The molecule has 0 aliphatic carbocycles. The first-order valence-corrected chi connectivity index (χ1v) is 8.93. The van der Waals surface area contributed by atoms with E-state index in [0.29, 0.717) is 23.9 Å². The van der Waals surface area contributed by atoms with Crippen LogP contribution in [0.1, 0.15) is 29.8 Å². The van der Waals surface area contributed by atoms with Gasteiger partial charge in [-0.15, -0.1) is 0 Å². The van der Waals surface area contributed by atoms with Crippen molar-refractivity contribution in [3.05, 3.63) is 59.7 Å². The highest BCUT2D eigenvalue weighted by Gasteiger charge is 2.10. The van der Waals surface area contributed by atoms with Gasteiger partial charge in [0.1, 0.15) is 12.4 Å². The molecule has 138 valence electrons. The van der Waals surface area contributed by atoms with E-state index in [0.717, 1.165) is 17.0 Å². The Morgan fingerprint density at radius 1 is 1.19 bits per heavy atom. The number of rotatable bonds is 7. The van der Waals surface area contributed by atoms with E-state index in [4.69, 9.17) is 21.7 Å². The van der Waals surface area contributed by atoms with Crippen molar-refractivity contribution < 1.29 is 14.3 Å². The molecule has 6 heteroatoms. The standard InChI is InChI=1S/C20H24N2O3S/c1-4-24-19(23)16-10-11-18(14(2)12-16)22-20(26)21-15(3)13-25-17-8-6-5-7-9-17/h5-12,15H,4,13H2,1-3H3,(H2,21,22,26). The van der Waals surface area contributed by atoms with Gasteiger partial charge in [-0.2, -0.15) is 0 Å². The number of esters is 1. The van der Waals surface area contributed by atoms with E-state index in [1.54, 1.807) is 19.1 Å². The van der Waals surface area contributed by atoms with Crippen molar-refractivity contribution in [3.63, 3.8) is 0 Å². The molecule has 0 saturated heterocycles. The fourth-order valence-corrected chi connectivity index (χ4v) is 2.62. The Labute approximate surface area is 159 Å². The normalized spacial score (nSPS) is 11.3. The lowest BCUT2D eigenvalue weighted by atomic mass is 10.1. The lowest BCUT2D eigenvalue weighted by molar-refractivity contribution is 0.0526. The van der Waals surface area contributed by atoms with E-state index in [1.807, 2.05) is 50.2 Å². The van der Waals surface area contributed by atoms with Crippen LogP contribution in [0, 0.1) is 6.92 Å². The summed E-state index contributed by atoms with van der Waals surface area (Å²) in [4.78, 5) is 11.8. The fourth-order valence-electron chi connectivity index (χ4n) is 2.31. The maximum atomic E-state index is 11.8. The van der Waals surface area contributed by atoms with Crippen molar-refractivity contribution >= 4 is 29.0 Å². The minimum absolute atomic E-state index is 0.0364. The third kappa shape index (κ3) is 6.04. The highest BCUT2D eigenvalue weighted by molar-refractivity contribution is 7.80. The zero-order chi connectivity index (χ0) is 18.9. The topological polar surface area (TPSA) is 59.6 Å². The molecule has 0 bridgehead atoms. The number of carbonyl (C=O) groups excluding carboxylic acids is 1. The molecule has 0 saturated carbocycles. The maximum absolute atomic E-state index is 11.8. The largest absolute Gasteiger partial charge is 0.491 e. The van der Waals surface area contributed by atoms with E-state index in [-0.39, 0.29) is 12.0 Å². The third-order valence-corrected chi connectivity index (χ3v) is 3.83. The number of nitrogens with one attached hydrogen (secondary N) is 2. The molecule has 5 nitrogen and oxygen atoms in total. The molecular formula is C20H24N2O3S. The monoisotopic (exact) mass is 372 g/mol. The van der Waals surface area contributed by atoms with Gasteiger partial charge in [-0.05, 0) is 68.9 Å². The summed E-state index contributed by atoms with van der Waals surface area (Å²) in [6, 6.07) is 15.0. The van der Waals surface area contributed by atoms with Crippen LogP contribution in [0.5, 0.6) is 5.75 Å². The summed E-state index contributed by atoms with van der Waals surface area (Å²) in [5.41, 5.74) is 2.28. The summed E-state index contributed by atoms with van der Waals surface area (Å²) in [6.07, 6.45) is 0. The van der Waals surface area contributed by atoms with Crippen molar-refractivity contribution in [1.29, 1.82) is 0 Å². The molecule has 0 aromatic heterocycles. The second-order valence-electron chi connectivity index (χ2n) is 5.87. The Kier molecular flexibility index (Phi) is 7.41. The molecule has 0 aliphatic rings. The minimum Gasteiger partial charge on any atom is -0.491 e. The molecule has 0 radical (unpaired) electrons. The van der Waals surface area contributed by atoms with Crippen LogP contribution in [0.3, 0.4) is 0 Å². The fraction of sp³-hybridized carbons (Fsp3) is 0.300. The summed E-state index contributed by atoms with van der Waals surface area (Å²) >= 11 is 5.36. The van der Waals surface area contributed by atoms with Crippen molar-refractivity contribution in [2.75, 3.05) is 18.5 Å². The van der Waals surface area contributed by atoms with Gasteiger partial charge in [-0.1, -0.05) is 18.2 Å². The number of ether oxygens (including phenoxy) is 2. The Bertz CT molecular complexity index is 750. The highest BCUT2D eigenvalue weighted by Crippen LogP contribution is 2.17. The first-order chi connectivity index (χ1) is 12.5. The number of hydrogen-bond acceptors (Lipinski definition) is 4. The van der Waals surface area contributed by atoms with E-state index in [1.165, 1.54) is 0 Å². The third-order valence-electron chi connectivity index (χ3n) is 3.61. The zero-order valence-corrected chi connectivity index (χ0v) is 16.1. The number of aryl methyl sites for hydroxylation is 1. The zero-order valence-electron chi connectivity index (χ0n) is 15.2. The smallest absolute Gasteiger partial charge is 0.338 e. The Balaban J connectivity index is 1.85. The van der Waals surface area contributed by atoms with Gasteiger partial charge in [0.2, 0.25) is 0 Å². The molecule has 0 spiro atoms. The molecule has 0 heterocycles. The van der Waals surface area contributed by atoms with Crippen LogP contribution in [0.2, 0.25) is 0 Å². The molecule has 2 N–H and O–H groups in total. The number of benzene rings is 2. The Morgan fingerprint density at radius 3 is 2.58 bits per heavy atom. The number of carbonyl (C=O) groups is 1. The van der Waals surface area contributed by atoms with Crippen LogP contribution < -0.4 is 15.4 Å². The van der Waals surface area contributed by atoms with Crippen LogP contribution in [0.4, 0.5) is 5.69 Å². The quantitative estimate of drug-likeness (QED) is 0.567. The Morgan fingerprint density at radius 2 is 1.92 bits per heavy atom. The van der Waals surface area contributed by atoms with Gasteiger partial charge in [0.25, 0.3) is 0 Å². The summed E-state index contributed by atoms with van der Waals surface area (Å²) in [7, 11) is 0. The second-order valence-corrected chi connectivity index (χ2v) is 6.28. The molecule has 1 unspecified atom stereocenters.